The zero-order valence-electron chi connectivity index (χ0n) is 22.7. The third-order valence-electron chi connectivity index (χ3n) is 5.39. The average molecular weight is 692 g/mol. The minimum Gasteiger partial charge on any atom is -0.452 e. The quantitative estimate of drug-likeness (QED) is 0.131. The van der Waals surface area contributed by atoms with Crippen LogP contribution in [0.3, 0.4) is 0 Å². The van der Waals surface area contributed by atoms with Crippen molar-refractivity contribution in [2.75, 3.05) is 0 Å². The van der Waals surface area contributed by atoms with Gasteiger partial charge in [-0.1, -0.05) is 41.5 Å². The molecule has 0 aromatic carbocycles. The van der Waals surface area contributed by atoms with E-state index in [1.54, 1.807) is 0 Å². The molecular formula is C22H22F18O4. The third kappa shape index (κ3) is 7.44. The van der Waals surface area contributed by atoms with Gasteiger partial charge in [-0.25, -0.2) is 9.59 Å². The molecule has 22 heteroatoms. The van der Waals surface area contributed by atoms with Crippen LogP contribution in [0.5, 0.6) is 0 Å². The van der Waals surface area contributed by atoms with E-state index in [-0.39, 0.29) is 0 Å². The molecule has 2 atom stereocenters. The van der Waals surface area contributed by atoms with Crippen molar-refractivity contribution in [3.05, 3.63) is 12.2 Å². The zero-order chi connectivity index (χ0) is 36.1. The smallest absolute Gasteiger partial charge is 0.452 e. The van der Waals surface area contributed by atoms with E-state index in [4.69, 9.17) is 0 Å². The topological polar surface area (TPSA) is 52.6 Å². The van der Waals surface area contributed by atoms with Crippen molar-refractivity contribution >= 4 is 11.9 Å². The summed E-state index contributed by atoms with van der Waals surface area (Å²) < 4.78 is 249. The summed E-state index contributed by atoms with van der Waals surface area (Å²) in [6, 6.07) is 0. The molecule has 0 aliphatic rings. The van der Waals surface area contributed by atoms with Crippen LogP contribution in [0, 0.1) is 10.8 Å². The number of hydrogen-bond donors (Lipinski definition) is 0. The number of rotatable bonds is 10. The first-order chi connectivity index (χ1) is 18.8. The summed E-state index contributed by atoms with van der Waals surface area (Å²) in [4.78, 5) is 23.8. The molecule has 260 valence electrons. The molecule has 0 spiro atoms. The van der Waals surface area contributed by atoms with E-state index in [1.807, 2.05) is 0 Å². The summed E-state index contributed by atoms with van der Waals surface area (Å²) in [7, 11) is 0. The van der Waals surface area contributed by atoms with Crippen LogP contribution < -0.4 is 0 Å². The Morgan fingerprint density at radius 1 is 0.432 bits per heavy atom. The molecule has 0 radical (unpaired) electrons. The second-order valence-corrected chi connectivity index (χ2v) is 11.2. The standard InChI is InChI=1S/C22H22F18O4/c1-13(2,3)11(15(23,24)17(27,28)19(31,32)21(35,36)37)43-9(41)7-8-10(42)44-12(14(4,5)6)16(25,26)18(29,30)20(33,34)22(38,39)40/h7-8,11-12H,1-6H3/b8-7+. The van der Waals surface area contributed by atoms with E-state index in [0.29, 0.717) is 41.5 Å². The van der Waals surface area contributed by atoms with Gasteiger partial charge in [-0.3, -0.25) is 0 Å². The molecule has 0 saturated carbocycles. The largest absolute Gasteiger partial charge is 0.460 e. The zero-order valence-corrected chi connectivity index (χ0v) is 22.7. The van der Waals surface area contributed by atoms with Crippen LogP contribution in [0.1, 0.15) is 41.5 Å². The van der Waals surface area contributed by atoms with E-state index in [9.17, 15) is 88.6 Å². The Bertz CT molecular complexity index is 991. The SMILES string of the molecule is CC(C)(C)C(OC(=O)/C=C/C(=O)OC(C(C)(C)C)C(F)(F)C(F)(F)C(F)(F)C(F)(F)F)C(F)(F)C(F)(F)C(F)(F)C(F)(F)F. The summed E-state index contributed by atoms with van der Waals surface area (Å²) in [5, 5.41) is 0. The van der Waals surface area contributed by atoms with E-state index in [0.717, 1.165) is 0 Å². The van der Waals surface area contributed by atoms with Crippen molar-refractivity contribution in [3.8, 4) is 0 Å². The highest BCUT2D eigenvalue weighted by atomic mass is 19.4. The lowest BCUT2D eigenvalue weighted by atomic mass is 9.81. The number of esters is 2. The van der Waals surface area contributed by atoms with Gasteiger partial charge in [0.2, 0.25) is 0 Å². The Hall–Kier alpha value is -2.58. The summed E-state index contributed by atoms with van der Waals surface area (Å²) in [5.41, 5.74) is -5.21. The summed E-state index contributed by atoms with van der Waals surface area (Å²) >= 11 is 0. The lowest BCUT2D eigenvalue weighted by molar-refractivity contribution is -0.409. The lowest BCUT2D eigenvalue weighted by Crippen LogP contribution is -2.66. The van der Waals surface area contributed by atoms with E-state index in [1.165, 1.54) is 0 Å². The molecule has 0 aliphatic carbocycles. The fourth-order valence-corrected chi connectivity index (χ4v) is 3.14. The molecule has 2 unspecified atom stereocenters. The molecule has 4 nitrogen and oxygen atoms in total. The Kier molecular flexibility index (Phi) is 11.0. The Morgan fingerprint density at radius 3 is 0.795 bits per heavy atom. The van der Waals surface area contributed by atoms with Gasteiger partial charge in [0.05, 0.1) is 0 Å². The number of hydrogen-bond acceptors (Lipinski definition) is 4. The second kappa shape index (κ2) is 11.7. The van der Waals surface area contributed by atoms with Crippen molar-refractivity contribution in [2.45, 2.75) is 102 Å². The molecule has 0 amide bonds. The number of ether oxygens (including phenoxy) is 2. The molecule has 0 bridgehead atoms. The van der Waals surface area contributed by atoms with Gasteiger partial charge in [0.1, 0.15) is 0 Å². The second-order valence-electron chi connectivity index (χ2n) is 11.2. The van der Waals surface area contributed by atoms with Gasteiger partial charge in [0.25, 0.3) is 0 Å². The third-order valence-corrected chi connectivity index (χ3v) is 5.39. The fraction of sp³-hybridized carbons (Fsp3) is 0.818. The molecule has 0 fully saturated rings. The molecule has 0 N–H and O–H groups in total. The van der Waals surface area contributed by atoms with Gasteiger partial charge in [-0.2, -0.15) is 79.0 Å². The van der Waals surface area contributed by atoms with Gasteiger partial charge >= 0.3 is 59.8 Å². The highest BCUT2D eigenvalue weighted by Crippen LogP contribution is 2.57. The minimum absolute atomic E-state index is 0.478. The minimum atomic E-state index is -7.42. The number of carbonyl (C=O) groups is 2. The van der Waals surface area contributed by atoms with Crippen molar-refractivity contribution in [1.82, 2.24) is 0 Å². The highest BCUT2D eigenvalue weighted by molar-refractivity contribution is 5.91. The maximum atomic E-state index is 14.5. The van der Waals surface area contributed by atoms with E-state index >= 15 is 0 Å². The van der Waals surface area contributed by atoms with Gasteiger partial charge in [-0.15, -0.1) is 0 Å². The van der Waals surface area contributed by atoms with E-state index in [2.05, 4.69) is 9.47 Å². The van der Waals surface area contributed by atoms with Gasteiger partial charge in [0.15, 0.2) is 12.2 Å². The predicted octanol–water partition coefficient (Wildman–Crippen LogP) is 8.39. The molecule has 0 heterocycles. The van der Waals surface area contributed by atoms with Crippen LogP contribution in [0.25, 0.3) is 0 Å². The lowest BCUT2D eigenvalue weighted by Gasteiger charge is -2.41. The maximum Gasteiger partial charge on any atom is 0.460 e. The molecule has 44 heavy (non-hydrogen) atoms. The summed E-state index contributed by atoms with van der Waals surface area (Å²) in [6.07, 6.45) is -23.3. The van der Waals surface area contributed by atoms with Crippen molar-refractivity contribution < 1.29 is 98.1 Å². The molecule has 0 aliphatic heterocycles. The molecular weight excluding hydrogens is 670 g/mol. The van der Waals surface area contributed by atoms with Crippen LogP contribution in [0.2, 0.25) is 0 Å². The van der Waals surface area contributed by atoms with Crippen molar-refractivity contribution in [1.29, 1.82) is 0 Å². The summed E-state index contributed by atoms with van der Waals surface area (Å²) in [6.45, 7) is 2.87. The predicted molar refractivity (Wildman–Crippen MR) is 110 cm³/mol. The maximum absolute atomic E-state index is 14.5. The Labute approximate surface area is 235 Å². The molecule has 0 aromatic rings. The van der Waals surface area contributed by atoms with Crippen LogP contribution in [0.15, 0.2) is 12.2 Å². The Morgan fingerprint density at radius 2 is 0.636 bits per heavy atom. The van der Waals surface area contributed by atoms with Gasteiger partial charge in [0, 0.05) is 23.0 Å². The monoisotopic (exact) mass is 692 g/mol. The Balaban J connectivity index is 6.41. The first-order valence-corrected chi connectivity index (χ1v) is 11.3. The van der Waals surface area contributed by atoms with Gasteiger partial charge < -0.3 is 9.47 Å². The van der Waals surface area contributed by atoms with Gasteiger partial charge in [-0.05, 0) is 0 Å². The summed E-state index contributed by atoms with van der Waals surface area (Å²) in [5.74, 6) is -47.5. The van der Waals surface area contributed by atoms with Crippen molar-refractivity contribution in [3.63, 3.8) is 0 Å². The molecule has 0 saturated heterocycles. The fourth-order valence-electron chi connectivity index (χ4n) is 3.14. The first kappa shape index (κ1) is 41.4. The number of alkyl halides is 18. The highest BCUT2D eigenvalue weighted by Gasteiger charge is 2.85. The van der Waals surface area contributed by atoms with Crippen LogP contribution in [0.4, 0.5) is 79.0 Å². The average Bonchev–Trinajstić information content (AvgIpc) is 2.75. The number of carbonyl (C=O) groups excluding carboxylic acids is 2. The first-order valence-electron chi connectivity index (χ1n) is 11.3. The van der Waals surface area contributed by atoms with Crippen molar-refractivity contribution in [2.24, 2.45) is 10.8 Å². The number of halogens is 18. The van der Waals surface area contributed by atoms with Crippen LogP contribution in [-0.2, 0) is 19.1 Å². The van der Waals surface area contributed by atoms with Crippen LogP contribution in [-0.4, -0.2) is 72.0 Å². The molecule has 0 rings (SSSR count). The normalized spacial score (nSPS) is 17.0. The molecule has 0 aromatic heterocycles. The van der Waals surface area contributed by atoms with E-state index < -0.39 is 95.0 Å². The van der Waals surface area contributed by atoms with Crippen LogP contribution >= 0.6 is 0 Å².